The molecule has 3 heterocycles. The van der Waals surface area contributed by atoms with Gasteiger partial charge in [0.2, 0.25) is 5.91 Å². The van der Waals surface area contributed by atoms with Crippen LogP contribution >= 0.6 is 0 Å². The lowest BCUT2D eigenvalue weighted by Gasteiger charge is -2.38. The maximum absolute atomic E-state index is 13.1. The Hall–Kier alpha value is -2.93. The van der Waals surface area contributed by atoms with Crippen molar-refractivity contribution >= 4 is 11.8 Å². The molecule has 1 aromatic heterocycles. The minimum absolute atomic E-state index is 0.184. The van der Waals surface area contributed by atoms with Crippen LogP contribution in [0.1, 0.15) is 47.7 Å². The van der Waals surface area contributed by atoms with Crippen LogP contribution in [0.2, 0.25) is 0 Å². The number of aromatic nitrogens is 1. The second kappa shape index (κ2) is 10.3. The fourth-order valence-electron chi connectivity index (χ4n) is 4.86. The second-order valence-corrected chi connectivity index (χ2v) is 9.34. The number of rotatable bonds is 5. The normalized spacial score (nSPS) is 19.5. The highest BCUT2D eigenvalue weighted by Crippen LogP contribution is 2.17. The molecule has 0 spiro atoms. The third kappa shape index (κ3) is 5.53. The van der Waals surface area contributed by atoms with Crippen molar-refractivity contribution in [3.63, 3.8) is 0 Å². The van der Waals surface area contributed by atoms with E-state index in [4.69, 9.17) is 0 Å². The summed E-state index contributed by atoms with van der Waals surface area (Å²) in [6.45, 7) is 8.16. The Morgan fingerprint density at radius 1 is 1.00 bits per heavy atom. The zero-order valence-corrected chi connectivity index (χ0v) is 19.7. The lowest BCUT2D eigenvalue weighted by Crippen LogP contribution is -2.53. The van der Waals surface area contributed by atoms with Gasteiger partial charge in [-0.1, -0.05) is 29.8 Å². The van der Waals surface area contributed by atoms with Crippen molar-refractivity contribution in [1.82, 2.24) is 19.3 Å². The summed E-state index contributed by atoms with van der Waals surface area (Å²) in [5, 5.41) is 0. The summed E-state index contributed by atoms with van der Waals surface area (Å²) in [5.41, 5.74) is 2.11. The molecule has 1 aromatic carbocycles. The van der Waals surface area contributed by atoms with E-state index in [1.165, 1.54) is 6.42 Å². The van der Waals surface area contributed by atoms with E-state index < -0.39 is 0 Å². The summed E-state index contributed by atoms with van der Waals surface area (Å²) in [6, 6.07) is 11.7. The molecule has 7 nitrogen and oxygen atoms in total. The average Bonchev–Trinajstić information content (AvgIpc) is 2.81. The third-order valence-electron chi connectivity index (χ3n) is 6.83. The Balaban J connectivity index is 1.36. The highest BCUT2D eigenvalue weighted by Gasteiger charge is 2.28. The molecule has 0 radical (unpaired) electrons. The van der Waals surface area contributed by atoms with Gasteiger partial charge in [0.1, 0.15) is 5.56 Å². The van der Waals surface area contributed by atoms with Crippen LogP contribution in [-0.2, 0) is 11.3 Å². The minimum atomic E-state index is -0.263. The highest BCUT2D eigenvalue weighted by atomic mass is 16.2. The maximum Gasteiger partial charge on any atom is 0.263 e. The Kier molecular flexibility index (Phi) is 7.28. The number of piperidine rings is 1. The van der Waals surface area contributed by atoms with E-state index in [-0.39, 0.29) is 22.9 Å². The van der Waals surface area contributed by atoms with Gasteiger partial charge in [-0.25, -0.2) is 0 Å². The van der Waals surface area contributed by atoms with E-state index in [0.717, 1.165) is 30.5 Å². The number of likely N-dealkylation sites (tertiary alicyclic amines) is 1. The summed E-state index contributed by atoms with van der Waals surface area (Å²) in [5.74, 6) is -0.0432. The largest absolute Gasteiger partial charge is 0.339 e. The summed E-state index contributed by atoms with van der Waals surface area (Å²) in [7, 11) is 0. The molecule has 0 N–H and O–H groups in total. The first-order valence-electron chi connectivity index (χ1n) is 12.0. The van der Waals surface area contributed by atoms with Crippen LogP contribution in [0.5, 0.6) is 0 Å². The van der Waals surface area contributed by atoms with E-state index >= 15 is 0 Å². The predicted octanol–water partition coefficient (Wildman–Crippen LogP) is 2.36. The van der Waals surface area contributed by atoms with Crippen LogP contribution in [0.4, 0.5) is 0 Å². The number of hydrogen-bond acceptors (Lipinski definition) is 4. The zero-order chi connectivity index (χ0) is 23.4. The smallest absolute Gasteiger partial charge is 0.263 e. The summed E-state index contributed by atoms with van der Waals surface area (Å²) >= 11 is 0. The number of aryl methyl sites for hydroxylation is 1. The second-order valence-electron chi connectivity index (χ2n) is 9.34. The van der Waals surface area contributed by atoms with Crippen molar-refractivity contribution in [2.24, 2.45) is 0 Å². The first-order chi connectivity index (χ1) is 15.9. The molecule has 1 unspecified atom stereocenters. The molecule has 2 aliphatic heterocycles. The topological polar surface area (TPSA) is 65.9 Å². The van der Waals surface area contributed by atoms with Crippen LogP contribution in [0.3, 0.4) is 0 Å². The Morgan fingerprint density at radius 2 is 1.79 bits per heavy atom. The summed E-state index contributed by atoms with van der Waals surface area (Å²) in [6.07, 6.45) is 5.08. The van der Waals surface area contributed by atoms with Gasteiger partial charge >= 0.3 is 0 Å². The first-order valence-corrected chi connectivity index (χ1v) is 12.0. The molecule has 2 saturated heterocycles. The van der Waals surface area contributed by atoms with Crippen molar-refractivity contribution in [2.75, 3.05) is 39.3 Å². The number of amides is 2. The van der Waals surface area contributed by atoms with Gasteiger partial charge in [0.25, 0.3) is 11.5 Å². The van der Waals surface area contributed by atoms with Gasteiger partial charge in [0.05, 0.1) is 13.1 Å². The Bertz CT molecular complexity index is 1060. The standard InChI is InChI=1S/C26H34N4O3/c1-20-7-5-9-22(17-20)18-29-11-6-10-23(26(29)33)25(32)28-15-13-27(14-16-28)19-24(31)30-12-4-3-8-21(30)2/h5-7,9-11,17,21H,3-4,8,12-16,18-19H2,1-2H3. The number of piperazine rings is 1. The Morgan fingerprint density at radius 3 is 2.52 bits per heavy atom. The number of nitrogens with zero attached hydrogens (tertiary/aromatic N) is 4. The molecule has 0 saturated carbocycles. The predicted molar refractivity (Wildman–Crippen MR) is 128 cm³/mol. The van der Waals surface area contributed by atoms with Crippen LogP contribution in [0.25, 0.3) is 0 Å². The van der Waals surface area contributed by atoms with Gasteiger partial charge in [-0.05, 0) is 50.8 Å². The molecule has 1 atom stereocenters. The zero-order valence-electron chi connectivity index (χ0n) is 19.7. The van der Waals surface area contributed by atoms with Crippen molar-refractivity contribution in [1.29, 1.82) is 0 Å². The van der Waals surface area contributed by atoms with Gasteiger partial charge in [-0.3, -0.25) is 19.3 Å². The molecule has 2 aliphatic rings. The van der Waals surface area contributed by atoms with E-state index in [0.29, 0.717) is 45.3 Å². The molecule has 176 valence electrons. The van der Waals surface area contributed by atoms with Crippen LogP contribution in [0, 0.1) is 6.92 Å². The quantitative estimate of drug-likeness (QED) is 0.702. The molecule has 4 rings (SSSR count). The molecular weight excluding hydrogens is 416 g/mol. The van der Waals surface area contributed by atoms with E-state index in [2.05, 4.69) is 11.8 Å². The van der Waals surface area contributed by atoms with Crippen LogP contribution < -0.4 is 5.56 Å². The number of carbonyl (C=O) groups excluding carboxylic acids is 2. The van der Waals surface area contributed by atoms with Crippen molar-refractivity contribution in [3.05, 3.63) is 69.6 Å². The average molecular weight is 451 g/mol. The summed E-state index contributed by atoms with van der Waals surface area (Å²) in [4.78, 5) is 44.7. The fourth-order valence-corrected chi connectivity index (χ4v) is 4.86. The van der Waals surface area contributed by atoms with Crippen molar-refractivity contribution in [2.45, 2.75) is 45.7 Å². The first kappa shape index (κ1) is 23.2. The number of carbonyl (C=O) groups is 2. The SMILES string of the molecule is Cc1cccc(Cn2cccc(C(=O)N3CCN(CC(=O)N4CCCCC4C)CC3)c2=O)c1. The molecule has 2 aromatic rings. The van der Waals surface area contributed by atoms with E-state index in [1.807, 2.05) is 36.1 Å². The van der Waals surface area contributed by atoms with Gasteiger partial charge < -0.3 is 14.4 Å². The lowest BCUT2D eigenvalue weighted by atomic mass is 10.0. The molecule has 0 aliphatic carbocycles. The van der Waals surface area contributed by atoms with Crippen molar-refractivity contribution in [3.8, 4) is 0 Å². The van der Waals surface area contributed by atoms with Crippen molar-refractivity contribution < 1.29 is 9.59 Å². The van der Waals surface area contributed by atoms with E-state index in [1.54, 1.807) is 27.8 Å². The Labute approximate surface area is 195 Å². The van der Waals surface area contributed by atoms with Gasteiger partial charge in [-0.15, -0.1) is 0 Å². The van der Waals surface area contributed by atoms with Crippen LogP contribution in [0.15, 0.2) is 47.4 Å². The number of pyridine rings is 1. The summed E-state index contributed by atoms with van der Waals surface area (Å²) < 4.78 is 1.59. The van der Waals surface area contributed by atoms with Gasteiger partial charge in [-0.2, -0.15) is 0 Å². The number of benzene rings is 1. The molecule has 7 heteroatoms. The van der Waals surface area contributed by atoms with Crippen LogP contribution in [-0.4, -0.2) is 76.4 Å². The molecule has 2 amide bonds. The molecule has 33 heavy (non-hydrogen) atoms. The van der Waals surface area contributed by atoms with Gasteiger partial charge in [0, 0.05) is 45.0 Å². The van der Waals surface area contributed by atoms with E-state index in [9.17, 15) is 14.4 Å². The molecular formula is C26H34N4O3. The fraction of sp³-hybridized carbons (Fsp3) is 0.500. The molecule has 2 fully saturated rings. The van der Waals surface area contributed by atoms with Gasteiger partial charge in [0.15, 0.2) is 0 Å². The maximum atomic E-state index is 13.1. The molecule has 0 bridgehead atoms. The third-order valence-corrected chi connectivity index (χ3v) is 6.83. The number of hydrogen-bond donors (Lipinski definition) is 0. The highest BCUT2D eigenvalue weighted by molar-refractivity contribution is 5.94. The monoisotopic (exact) mass is 450 g/mol. The minimum Gasteiger partial charge on any atom is -0.339 e. The lowest BCUT2D eigenvalue weighted by molar-refractivity contribution is -0.136.